The van der Waals surface area contributed by atoms with Crippen LogP contribution in [-0.2, 0) is 4.74 Å². The number of rotatable bonds is 0. The molecule has 2 aliphatic heterocycles. The van der Waals surface area contributed by atoms with Crippen molar-refractivity contribution in [3.8, 4) is 0 Å². The van der Waals surface area contributed by atoms with Crippen LogP contribution in [-0.4, -0.2) is 6.23 Å². The summed E-state index contributed by atoms with van der Waals surface area (Å²) in [6, 6.07) is 8.34. The zero-order chi connectivity index (χ0) is 7.97. The van der Waals surface area contributed by atoms with E-state index in [0.717, 1.165) is 0 Å². The second-order valence-corrected chi connectivity index (χ2v) is 3.14. The van der Waals surface area contributed by atoms with Gasteiger partial charge in [0.2, 0.25) is 0 Å². The molecule has 0 amide bonds. The first kappa shape index (κ1) is 6.12. The third-order valence-electron chi connectivity index (χ3n) is 2.45. The summed E-state index contributed by atoms with van der Waals surface area (Å²) < 4.78 is 5.37. The lowest BCUT2D eigenvalue weighted by molar-refractivity contribution is 0.190. The molecule has 0 aromatic heterocycles. The highest BCUT2D eigenvalue weighted by Gasteiger charge is 2.33. The zero-order valence-corrected chi connectivity index (χ0v) is 6.53. The molecule has 1 aromatic rings. The van der Waals surface area contributed by atoms with E-state index in [1.807, 2.05) is 6.07 Å². The molecule has 2 heteroatoms. The number of hydrogen-bond donors (Lipinski definition) is 1. The molecule has 0 radical (unpaired) electrons. The molecule has 0 saturated carbocycles. The van der Waals surface area contributed by atoms with Crippen molar-refractivity contribution in [2.75, 3.05) is 5.32 Å². The van der Waals surface area contributed by atoms with Crippen LogP contribution in [0.2, 0.25) is 0 Å². The summed E-state index contributed by atoms with van der Waals surface area (Å²) in [6.07, 6.45) is 4.02. The fourth-order valence-electron chi connectivity index (χ4n) is 1.86. The summed E-state index contributed by atoms with van der Waals surface area (Å²) in [5, 5.41) is 3.31. The van der Waals surface area contributed by atoms with Crippen LogP contribution in [0.1, 0.15) is 11.5 Å². The fourth-order valence-corrected chi connectivity index (χ4v) is 1.86. The summed E-state index contributed by atoms with van der Waals surface area (Å²) in [4.78, 5) is 0. The molecule has 0 saturated heterocycles. The highest BCUT2D eigenvalue weighted by molar-refractivity contribution is 5.60. The SMILES string of the molecule is C1=CC2c3ccccc3NC2O1. The Bertz CT molecular complexity index is 345. The van der Waals surface area contributed by atoms with E-state index in [-0.39, 0.29) is 6.23 Å². The Hall–Kier alpha value is -1.44. The van der Waals surface area contributed by atoms with Gasteiger partial charge in [-0.05, 0) is 17.7 Å². The highest BCUT2D eigenvalue weighted by atomic mass is 16.5. The fraction of sp³-hybridized carbons (Fsp3) is 0.200. The predicted molar refractivity (Wildman–Crippen MR) is 46.8 cm³/mol. The van der Waals surface area contributed by atoms with Crippen LogP contribution < -0.4 is 5.32 Å². The number of ether oxygens (including phenoxy) is 1. The van der Waals surface area contributed by atoms with Crippen LogP contribution in [0.3, 0.4) is 0 Å². The lowest BCUT2D eigenvalue weighted by Crippen LogP contribution is -2.16. The van der Waals surface area contributed by atoms with Gasteiger partial charge in [-0.2, -0.15) is 0 Å². The Balaban J connectivity index is 2.14. The van der Waals surface area contributed by atoms with E-state index in [9.17, 15) is 0 Å². The van der Waals surface area contributed by atoms with Crippen LogP contribution in [0.5, 0.6) is 0 Å². The Morgan fingerprint density at radius 1 is 1.25 bits per heavy atom. The normalized spacial score (nSPS) is 29.0. The van der Waals surface area contributed by atoms with Gasteiger partial charge >= 0.3 is 0 Å². The molecule has 2 atom stereocenters. The average molecular weight is 159 g/mol. The third kappa shape index (κ3) is 0.644. The first-order chi connectivity index (χ1) is 5.95. The van der Waals surface area contributed by atoms with Crippen molar-refractivity contribution in [3.05, 3.63) is 42.2 Å². The van der Waals surface area contributed by atoms with E-state index in [0.29, 0.717) is 5.92 Å². The Morgan fingerprint density at radius 2 is 2.17 bits per heavy atom. The molecular weight excluding hydrogens is 150 g/mol. The van der Waals surface area contributed by atoms with Crippen molar-refractivity contribution in [1.29, 1.82) is 0 Å². The van der Waals surface area contributed by atoms with Crippen molar-refractivity contribution in [1.82, 2.24) is 0 Å². The van der Waals surface area contributed by atoms with Crippen molar-refractivity contribution in [2.24, 2.45) is 0 Å². The minimum Gasteiger partial charge on any atom is -0.478 e. The number of fused-ring (bicyclic) bond motifs is 3. The Morgan fingerprint density at radius 3 is 3.17 bits per heavy atom. The molecule has 0 aliphatic carbocycles. The van der Waals surface area contributed by atoms with Crippen molar-refractivity contribution in [2.45, 2.75) is 12.1 Å². The van der Waals surface area contributed by atoms with Crippen molar-refractivity contribution < 1.29 is 4.74 Å². The lowest BCUT2D eigenvalue weighted by atomic mass is 10.0. The largest absolute Gasteiger partial charge is 0.478 e. The third-order valence-corrected chi connectivity index (χ3v) is 2.45. The van der Waals surface area contributed by atoms with Crippen molar-refractivity contribution in [3.63, 3.8) is 0 Å². The number of anilines is 1. The van der Waals surface area contributed by atoms with Crippen LogP contribution in [0.4, 0.5) is 5.69 Å². The van der Waals surface area contributed by atoms with E-state index in [4.69, 9.17) is 4.74 Å². The molecule has 1 aromatic carbocycles. The molecule has 0 spiro atoms. The zero-order valence-electron chi connectivity index (χ0n) is 6.53. The number of nitrogens with one attached hydrogen (secondary N) is 1. The van der Waals surface area contributed by atoms with Gasteiger partial charge in [-0.3, -0.25) is 0 Å². The second-order valence-electron chi connectivity index (χ2n) is 3.14. The molecule has 3 rings (SSSR count). The molecule has 60 valence electrons. The second kappa shape index (κ2) is 2.03. The van der Waals surface area contributed by atoms with Gasteiger partial charge in [-0.15, -0.1) is 0 Å². The predicted octanol–water partition coefficient (Wildman–Crippen LogP) is 2.07. The molecule has 1 N–H and O–H groups in total. The van der Waals surface area contributed by atoms with Gasteiger partial charge in [-0.1, -0.05) is 18.2 Å². The van der Waals surface area contributed by atoms with E-state index in [1.165, 1.54) is 11.3 Å². The number of para-hydroxylation sites is 1. The minimum atomic E-state index is 0.141. The number of hydrogen-bond acceptors (Lipinski definition) is 2. The van der Waals surface area contributed by atoms with Gasteiger partial charge in [0.1, 0.15) is 0 Å². The summed E-state index contributed by atoms with van der Waals surface area (Å²) in [7, 11) is 0. The Labute approximate surface area is 70.9 Å². The minimum absolute atomic E-state index is 0.141. The monoisotopic (exact) mass is 159 g/mol. The maximum Gasteiger partial charge on any atom is 0.179 e. The van der Waals surface area contributed by atoms with E-state index >= 15 is 0 Å². The van der Waals surface area contributed by atoms with Crippen LogP contribution in [0.15, 0.2) is 36.6 Å². The maximum absolute atomic E-state index is 5.37. The van der Waals surface area contributed by atoms with E-state index in [1.54, 1.807) is 6.26 Å². The van der Waals surface area contributed by atoms with E-state index in [2.05, 4.69) is 29.6 Å². The van der Waals surface area contributed by atoms with Gasteiger partial charge in [-0.25, -0.2) is 0 Å². The van der Waals surface area contributed by atoms with Crippen LogP contribution >= 0.6 is 0 Å². The lowest BCUT2D eigenvalue weighted by Gasteiger charge is -2.08. The summed E-state index contributed by atoms with van der Waals surface area (Å²) in [6.45, 7) is 0. The van der Waals surface area contributed by atoms with Crippen molar-refractivity contribution >= 4 is 5.69 Å². The van der Waals surface area contributed by atoms with E-state index < -0.39 is 0 Å². The van der Waals surface area contributed by atoms with Gasteiger partial charge < -0.3 is 10.1 Å². The van der Waals surface area contributed by atoms with Gasteiger partial charge in [0.25, 0.3) is 0 Å². The summed E-state index contributed by atoms with van der Waals surface area (Å²) >= 11 is 0. The summed E-state index contributed by atoms with van der Waals surface area (Å²) in [5.74, 6) is 0.418. The molecular formula is C10H9NO. The first-order valence-corrected chi connectivity index (χ1v) is 4.13. The average Bonchev–Trinajstić information content (AvgIpc) is 2.62. The molecule has 2 aliphatic rings. The number of benzene rings is 1. The standard InChI is InChI=1S/C10H9NO/c1-2-4-9-7(3-1)8-5-6-12-10(8)11-9/h1-6,8,10-11H. The maximum atomic E-state index is 5.37. The topological polar surface area (TPSA) is 21.3 Å². The molecule has 2 unspecified atom stereocenters. The molecule has 2 nitrogen and oxygen atoms in total. The first-order valence-electron chi connectivity index (χ1n) is 4.13. The highest BCUT2D eigenvalue weighted by Crippen LogP contribution is 2.39. The quantitative estimate of drug-likeness (QED) is 0.625. The van der Waals surface area contributed by atoms with Crippen LogP contribution in [0.25, 0.3) is 0 Å². The molecule has 0 fully saturated rings. The van der Waals surface area contributed by atoms with Gasteiger partial charge in [0, 0.05) is 5.69 Å². The van der Waals surface area contributed by atoms with Crippen LogP contribution in [0, 0.1) is 0 Å². The molecule has 12 heavy (non-hydrogen) atoms. The molecule has 0 bridgehead atoms. The Kier molecular flexibility index (Phi) is 1.04. The van der Waals surface area contributed by atoms with Gasteiger partial charge in [0.05, 0.1) is 12.2 Å². The summed E-state index contributed by atoms with van der Waals surface area (Å²) in [5.41, 5.74) is 2.55. The van der Waals surface area contributed by atoms with Gasteiger partial charge in [0.15, 0.2) is 6.23 Å². The molecule has 2 heterocycles. The smallest absolute Gasteiger partial charge is 0.179 e.